The highest BCUT2D eigenvalue weighted by Gasteiger charge is 2.29. The third kappa shape index (κ3) is 4.77. The molecular weight excluding hydrogens is 384 g/mol. The van der Waals surface area contributed by atoms with Crippen LogP contribution in [0.5, 0.6) is 0 Å². The van der Waals surface area contributed by atoms with Crippen LogP contribution >= 0.6 is 11.6 Å². The predicted octanol–water partition coefficient (Wildman–Crippen LogP) is 3.19. The Bertz CT molecular complexity index is 965. The Balaban J connectivity index is 1.62. The van der Waals surface area contributed by atoms with Crippen LogP contribution in [0.25, 0.3) is 6.08 Å². The lowest BCUT2D eigenvalue weighted by atomic mass is 10.1. The minimum Gasteiger partial charge on any atom is -0.337 e. The van der Waals surface area contributed by atoms with Crippen molar-refractivity contribution in [1.82, 2.24) is 9.21 Å². The summed E-state index contributed by atoms with van der Waals surface area (Å²) >= 11 is 5.91. The fraction of sp³-hybridized carbons (Fsp3) is 0.250. The largest absolute Gasteiger partial charge is 0.337 e. The fourth-order valence-corrected chi connectivity index (χ4v) is 4.70. The Morgan fingerprint density at radius 3 is 2.41 bits per heavy atom. The first-order valence-electron chi connectivity index (χ1n) is 8.66. The molecule has 2 aromatic rings. The number of hydrogen-bond acceptors (Lipinski definition) is 3. The summed E-state index contributed by atoms with van der Waals surface area (Å²) < 4.78 is 26.8. The molecule has 0 aromatic heterocycles. The average Bonchev–Trinajstić information content (AvgIpc) is 2.66. The SMILES string of the molecule is Cc1cccc(/C=C/C(=O)N2CCN(S(=O)(=O)c3cccc(Cl)c3)CC2)c1. The number of benzene rings is 2. The lowest BCUT2D eigenvalue weighted by Crippen LogP contribution is -2.50. The van der Waals surface area contributed by atoms with E-state index in [0.717, 1.165) is 11.1 Å². The van der Waals surface area contributed by atoms with Gasteiger partial charge in [0.1, 0.15) is 0 Å². The number of sulfonamides is 1. The van der Waals surface area contributed by atoms with Gasteiger partial charge in [0.25, 0.3) is 0 Å². The number of halogens is 1. The van der Waals surface area contributed by atoms with E-state index in [2.05, 4.69) is 0 Å². The van der Waals surface area contributed by atoms with E-state index in [1.54, 1.807) is 23.1 Å². The molecule has 1 amide bonds. The van der Waals surface area contributed by atoms with Crippen LogP contribution in [0.3, 0.4) is 0 Å². The lowest BCUT2D eigenvalue weighted by Gasteiger charge is -2.33. The number of rotatable bonds is 4. The monoisotopic (exact) mass is 404 g/mol. The van der Waals surface area contributed by atoms with Crippen LogP contribution in [0.2, 0.25) is 5.02 Å². The molecule has 0 saturated carbocycles. The second-order valence-electron chi connectivity index (χ2n) is 6.43. The third-order valence-electron chi connectivity index (χ3n) is 4.44. The van der Waals surface area contributed by atoms with Gasteiger partial charge >= 0.3 is 0 Å². The first-order chi connectivity index (χ1) is 12.9. The summed E-state index contributed by atoms with van der Waals surface area (Å²) in [6.45, 7) is 3.24. The first-order valence-corrected chi connectivity index (χ1v) is 10.5. The van der Waals surface area contributed by atoms with Crippen molar-refractivity contribution in [3.05, 3.63) is 70.8 Å². The Morgan fingerprint density at radius 1 is 1.04 bits per heavy atom. The molecular formula is C20H21ClN2O3S. The van der Waals surface area contributed by atoms with E-state index in [9.17, 15) is 13.2 Å². The van der Waals surface area contributed by atoms with Crippen LogP contribution in [0.15, 0.2) is 59.5 Å². The molecule has 0 unspecified atom stereocenters. The summed E-state index contributed by atoms with van der Waals surface area (Å²) in [4.78, 5) is 14.2. The number of piperazine rings is 1. The maximum atomic E-state index is 12.7. The van der Waals surface area contributed by atoms with Gasteiger partial charge in [-0.15, -0.1) is 0 Å². The van der Waals surface area contributed by atoms with Crippen LogP contribution in [0.4, 0.5) is 0 Å². The van der Waals surface area contributed by atoms with E-state index < -0.39 is 10.0 Å². The van der Waals surface area contributed by atoms with Crippen molar-refractivity contribution in [2.75, 3.05) is 26.2 Å². The molecule has 1 fully saturated rings. The molecule has 0 aliphatic carbocycles. The van der Waals surface area contributed by atoms with Crippen molar-refractivity contribution in [2.45, 2.75) is 11.8 Å². The third-order valence-corrected chi connectivity index (χ3v) is 6.57. The molecule has 3 rings (SSSR count). The average molecular weight is 405 g/mol. The van der Waals surface area contributed by atoms with Gasteiger partial charge in [0.2, 0.25) is 15.9 Å². The summed E-state index contributed by atoms with van der Waals surface area (Å²) in [5.74, 6) is -0.115. The van der Waals surface area contributed by atoms with Crippen molar-refractivity contribution in [3.63, 3.8) is 0 Å². The normalized spacial score (nSPS) is 16.0. The molecule has 0 atom stereocenters. The highest BCUT2D eigenvalue weighted by atomic mass is 35.5. The summed E-state index contributed by atoms with van der Waals surface area (Å²) in [5.41, 5.74) is 2.09. The number of hydrogen-bond donors (Lipinski definition) is 0. The van der Waals surface area contributed by atoms with Crippen LogP contribution in [-0.4, -0.2) is 49.7 Å². The molecule has 0 bridgehead atoms. The molecule has 0 N–H and O–H groups in total. The second-order valence-corrected chi connectivity index (χ2v) is 8.81. The second kappa shape index (κ2) is 8.25. The van der Waals surface area contributed by atoms with Crippen molar-refractivity contribution in [1.29, 1.82) is 0 Å². The van der Waals surface area contributed by atoms with Gasteiger partial charge in [0.15, 0.2) is 0 Å². The van der Waals surface area contributed by atoms with Crippen molar-refractivity contribution < 1.29 is 13.2 Å². The Hall–Kier alpha value is -2.15. The molecule has 1 heterocycles. The van der Waals surface area contributed by atoms with Gasteiger partial charge in [0.05, 0.1) is 4.90 Å². The Kier molecular flexibility index (Phi) is 5.99. The maximum Gasteiger partial charge on any atom is 0.246 e. The first kappa shape index (κ1) is 19.6. The van der Waals surface area contributed by atoms with Gasteiger partial charge in [-0.1, -0.05) is 47.5 Å². The van der Waals surface area contributed by atoms with Gasteiger partial charge < -0.3 is 4.90 Å². The zero-order valence-corrected chi connectivity index (χ0v) is 16.6. The molecule has 1 aliphatic rings. The van der Waals surface area contributed by atoms with Gasteiger partial charge in [-0.2, -0.15) is 4.31 Å². The van der Waals surface area contributed by atoms with E-state index in [1.807, 2.05) is 31.2 Å². The van der Waals surface area contributed by atoms with Crippen LogP contribution in [-0.2, 0) is 14.8 Å². The molecule has 0 radical (unpaired) electrons. The van der Waals surface area contributed by atoms with Crippen molar-refractivity contribution in [2.24, 2.45) is 0 Å². The molecule has 27 heavy (non-hydrogen) atoms. The number of aryl methyl sites for hydroxylation is 1. The molecule has 142 valence electrons. The molecule has 1 aliphatic heterocycles. The minimum absolute atomic E-state index is 0.115. The quantitative estimate of drug-likeness (QED) is 0.735. The van der Waals surface area contributed by atoms with Crippen LogP contribution < -0.4 is 0 Å². The van der Waals surface area contributed by atoms with E-state index in [0.29, 0.717) is 18.1 Å². The van der Waals surface area contributed by atoms with Gasteiger partial charge in [-0.05, 0) is 36.8 Å². The van der Waals surface area contributed by atoms with E-state index in [-0.39, 0.29) is 23.9 Å². The van der Waals surface area contributed by atoms with E-state index in [4.69, 9.17) is 11.6 Å². The summed E-state index contributed by atoms with van der Waals surface area (Å²) in [6.07, 6.45) is 3.32. The van der Waals surface area contributed by atoms with E-state index >= 15 is 0 Å². The zero-order valence-electron chi connectivity index (χ0n) is 15.0. The molecule has 2 aromatic carbocycles. The van der Waals surface area contributed by atoms with E-state index in [1.165, 1.54) is 22.5 Å². The highest BCUT2D eigenvalue weighted by molar-refractivity contribution is 7.89. The molecule has 5 nitrogen and oxygen atoms in total. The minimum atomic E-state index is -3.60. The van der Waals surface area contributed by atoms with Crippen LogP contribution in [0.1, 0.15) is 11.1 Å². The van der Waals surface area contributed by atoms with Crippen LogP contribution in [0, 0.1) is 6.92 Å². The molecule has 7 heteroatoms. The Labute approximate surface area is 164 Å². The standard InChI is InChI=1S/C20H21ClN2O3S/c1-16-4-2-5-17(14-16)8-9-20(24)22-10-12-23(13-11-22)27(25,26)19-7-3-6-18(21)15-19/h2-9,14-15H,10-13H2,1H3/b9-8+. The smallest absolute Gasteiger partial charge is 0.246 e. The fourth-order valence-electron chi connectivity index (χ4n) is 2.97. The molecule has 0 spiro atoms. The molecule has 1 saturated heterocycles. The number of carbonyl (C=O) groups is 1. The van der Waals surface area contributed by atoms with Crippen molar-refractivity contribution >= 4 is 33.6 Å². The Morgan fingerprint density at radius 2 is 1.74 bits per heavy atom. The van der Waals surface area contributed by atoms with Gasteiger partial charge in [-0.3, -0.25) is 4.79 Å². The number of amides is 1. The number of carbonyl (C=O) groups excluding carboxylic acids is 1. The lowest BCUT2D eigenvalue weighted by molar-refractivity contribution is -0.127. The predicted molar refractivity (Wildman–Crippen MR) is 107 cm³/mol. The number of nitrogens with zero attached hydrogens (tertiary/aromatic N) is 2. The highest BCUT2D eigenvalue weighted by Crippen LogP contribution is 2.21. The zero-order chi connectivity index (χ0) is 19.4. The summed E-state index contributed by atoms with van der Waals surface area (Å²) in [7, 11) is -3.60. The maximum absolute atomic E-state index is 12.7. The van der Waals surface area contributed by atoms with Crippen molar-refractivity contribution in [3.8, 4) is 0 Å². The van der Waals surface area contributed by atoms with Gasteiger partial charge in [-0.25, -0.2) is 8.42 Å². The summed E-state index contributed by atoms with van der Waals surface area (Å²) in [5, 5.41) is 0.381. The topological polar surface area (TPSA) is 57.7 Å². The van der Waals surface area contributed by atoms with Gasteiger partial charge in [0, 0.05) is 37.3 Å². The summed E-state index contributed by atoms with van der Waals surface area (Å²) in [6, 6.07) is 14.1.